The van der Waals surface area contributed by atoms with E-state index in [1.165, 1.54) is 25.6 Å². The number of nitrogens with zero attached hydrogens (tertiary/aromatic N) is 2. The molecule has 1 aromatic carbocycles. The van der Waals surface area contributed by atoms with Crippen molar-refractivity contribution in [2.24, 2.45) is 5.92 Å². The number of hydrogen-bond acceptors (Lipinski definition) is 7. The lowest BCUT2D eigenvalue weighted by Crippen LogP contribution is -2.44. The van der Waals surface area contributed by atoms with Crippen molar-refractivity contribution in [3.8, 4) is 22.8 Å². The van der Waals surface area contributed by atoms with Gasteiger partial charge in [-0.3, -0.25) is 9.59 Å². The van der Waals surface area contributed by atoms with Crippen molar-refractivity contribution in [2.45, 2.75) is 50.6 Å². The zero-order valence-corrected chi connectivity index (χ0v) is 20.6. The SMILES string of the molecule is COc1cc(OCC2CC2)c(-c2ncnc3c(C(=O)NC4CCC(NC(=O)CO)CC4)c[nH]c23)cc1F. The molecule has 2 aliphatic rings. The second-order valence-corrected chi connectivity index (χ2v) is 9.63. The molecule has 0 aliphatic heterocycles. The lowest BCUT2D eigenvalue weighted by molar-refractivity contribution is -0.124. The summed E-state index contributed by atoms with van der Waals surface area (Å²) in [5.74, 6) is -0.174. The zero-order valence-electron chi connectivity index (χ0n) is 20.6. The molecule has 2 aliphatic carbocycles. The second kappa shape index (κ2) is 10.7. The minimum atomic E-state index is -0.543. The van der Waals surface area contributed by atoms with E-state index in [0.717, 1.165) is 12.8 Å². The van der Waals surface area contributed by atoms with Crippen LogP contribution in [-0.4, -0.2) is 64.3 Å². The maximum Gasteiger partial charge on any atom is 0.255 e. The standard InChI is InChI=1S/C26H30FN5O5/c1-36-21-9-20(37-12-14-2-3-14)17(8-19(21)27)23-25-24(30-13-29-23)18(10-28-25)26(35)32-16-6-4-15(5-7-16)31-22(34)11-33/h8-10,13-16,28,33H,2-7,11-12H2,1H3,(H,31,34)(H,32,35). The summed E-state index contributed by atoms with van der Waals surface area (Å²) in [6, 6.07) is 2.81. The molecular formula is C26H30FN5O5. The number of fused-ring (bicyclic) bond motifs is 1. The number of carbonyl (C=O) groups is 2. The van der Waals surface area contributed by atoms with E-state index in [0.29, 0.717) is 71.8 Å². The number of nitrogens with one attached hydrogen (secondary N) is 3. The Kier molecular flexibility index (Phi) is 7.22. The van der Waals surface area contributed by atoms with Crippen LogP contribution in [0.5, 0.6) is 11.5 Å². The Balaban J connectivity index is 1.36. The summed E-state index contributed by atoms with van der Waals surface area (Å²) in [7, 11) is 1.40. The predicted octanol–water partition coefficient (Wildman–Crippen LogP) is 2.71. The number of carbonyl (C=O) groups excluding carboxylic acids is 2. The number of methoxy groups -OCH3 is 1. The Hall–Kier alpha value is -3.73. The van der Waals surface area contributed by atoms with E-state index < -0.39 is 12.4 Å². The van der Waals surface area contributed by atoms with Gasteiger partial charge in [-0.2, -0.15) is 0 Å². The van der Waals surface area contributed by atoms with Gasteiger partial charge in [-0.25, -0.2) is 14.4 Å². The monoisotopic (exact) mass is 511 g/mol. The van der Waals surface area contributed by atoms with Crippen LogP contribution < -0.4 is 20.1 Å². The molecule has 2 amide bonds. The number of ether oxygens (including phenoxy) is 2. The summed E-state index contributed by atoms with van der Waals surface area (Å²) in [5, 5.41) is 14.7. The lowest BCUT2D eigenvalue weighted by atomic mass is 9.91. The topological polar surface area (TPSA) is 138 Å². The third-order valence-electron chi connectivity index (χ3n) is 6.96. The van der Waals surface area contributed by atoms with Crippen molar-refractivity contribution in [1.29, 1.82) is 0 Å². The Labute approximate surface area is 213 Å². The third kappa shape index (κ3) is 5.51. The maximum absolute atomic E-state index is 14.7. The fraction of sp³-hybridized carbons (Fsp3) is 0.462. The Morgan fingerprint density at radius 1 is 1.08 bits per heavy atom. The molecule has 2 saturated carbocycles. The Morgan fingerprint density at radius 3 is 2.49 bits per heavy atom. The Morgan fingerprint density at radius 2 is 1.81 bits per heavy atom. The average molecular weight is 512 g/mol. The molecule has 5 rings (SSSR count). The lowest BCUT2D eigenvalue weighted by Gasteiger charge is -2.29. The van der Waals surface area contributed by atoms with E-state index in [4.69, 9.17) is 14.6 Å². The molecule has 2 heterocycles. The number of aliphatic hydroxyl groups excluding tert-OH is 1. The van der Waals surface area contributed by atoms with Gasteiger partial charge in [0.05, 0.1) is 24.8 Å². The number of halogens is 1. The highest BCUT2D eigenvalue weighted by molar-refractivity contribution is 6.08. The molecule has 37 heavy (non-hydrogen) atoms. The van der Waals surface area contributed by atoms with Gasteiger partial charge in [0.2, 0.25) is 5.91 Å². The molecule has 2 fully saturated rings. The highest BCUT2D eigenvalue weighted by Crippen LogP contribution is 2.39. The van der Waals surface area contributed by atoms with Crippen LogP contribution in [0.4, 0.5) is 4.39 Å². The molecule has 0 spiro atoms. The average Bonchev–Trinajstić information content (AvgIpc) is 3.64. The van der Waals surface area contributed by atoms with Crippen molar-refractivity contribution in [3.63, 3.8) is 0 Å². The van der Waals surface area contributed by atoms with Crippen LogP contribution in [0.1, 0.15) is 48.9 Å². The van der Waals surface area contributed by atoms with E-state index >= 15 is 0 Å². The van der Waals surface area contributed by atoms with Crippen molar-refractivity contribution >= 4 is 22.8 Å². The van der Waals surface area contributed by atoms with E-state index in [-0.39, 0.29) is 29.6 Å². The summed E-state index contributed by atoms with van der Waals surface area (Å²) in [4.78, 5) is 36.4. The van der Waals surface area contributed by atoms with Crippen LogP contribution in [0.2, 0.25) is 0 Å². The first kappa shape index (κ1) is 24.9. The van der Waals surface area contributed by atoms with Gasteiger partial charge in [0.1, 0.15) is 29.9 Å². The number of aliphatic hydroxyl groups is 1. The Bertz CT molecular complexity index is 1300. The molecule has 10 nitrogen and oxygen atoms in total. The molecule has 196 valence electrons. The van der Waals surface area contributed by atoms with Crippen LogP contribution >= 0.6 is 0 Å². The first-order chi connectivity index (χ1) is 18.0. The van der Waals surface area contributed by atoms with Crippen molar-refractivity contribution in [1.82, 2.24) is 25.6 Å². The van der Waals surface area contributed by atoms with Crippen LogP contribution in [0.15, 0.2) is 24.7 Å². The van der Waals surface area contributed by atoms with E-state index in [9.17, 15) is 14.0 Å². The molecule has 0 atom stereocenters. The fourth-order valence-corrected chi connectivity index (χ4v) is 4.72. The van der Waals surface area contributed by atoms with Crippen LogP contribution in [0, 0.1) is 11.7 Å². The summed E-state index contributed by atoms with van der Waals surface area (Å²) in [6.45, 7) is -0.00129. The molecule has 2 aromatic heterocycles. The quantitative estimate of drug-likeness (QED) is 0.347. The van der Waals surface area contributed by atoms with Crippen molar-refractivity contribution < 1.29 is 28.6 Å². The van der Waals surface area contributed by atoms with E-state index in [2.05, 4.69) is 25.6 Å². The number of amides is 2. The molecule has 0 unspecified atom stereocenters. The van der Waals surface area contributed by atoms with Crippen molar-refractivity contribution in [3.05, 3.63) is 36.0 Å². The maximum atomic E-state index is 14.7. The molecular weight excluding hydrogens is 481 g/mol. The number of rotatable bonds is 9. The normalized spacial score (nSPS) is 19.4. The summed E-state index contributed by atoms with van der Waals surface area (Å²) < 4.78 is 25.9. The predicted molar refractivity (Wildman–Crippen MR) is 133 cm³/mol. The highest BCUT2D eigenvalue weighted by atomic mass is 19.1. The smallest absolute Gasteiger partial charge is 0.255 e. The second-order valence-electron chi connectivity index (χ2n) is 9.63. The first-order valence-electron chi connectivity index (χ1n) is 12.5. The van der Waals surface area contributed by atoms with Gasteiger partial charge in [-0.1, -0.05) is 0 Å². The van der Waals surface area contributed by atoms with Gasteiger partial charge in [-0.05, 0) is 50.5 Å². The highest BCUT2D eigenvalue weighted by Gasteiger charge is 2.27. The molecule has 3 aromatic rings. The van der Waals surface area contributed by atoms with Crippen LogP contribution in [0.25, 0.3) is 22.3 Å². The van der Waals surface area contributed by atoms with Crippen LogP contribution in [-0.2, 0) is 4.79 Å². The zero-order chi connectivity index (χ0) is 25.9. The van der Waals surface area contributed by atoms with Crippen LogP contribution in [0.3, 0.4) is 0 Å². The van der Waals surface area contributed by atoms with Gasteiger partial charge in [0, 0.05) is 29.9 Å². The molecule has 11 heteroatoms. The molecule has 0 bridgehead atoms. The van der Waals surface area contributed by atoms with Gasteiger partial charge in [0.15, 0.2) is 11.6 Å². The van der Waals surface area contributed by atoms with E-state index in [1.807, 2.05) is 0 Å². The molecule has 4 N–H and O–H groups in total. The molecule has 0 saturated heterocycles. The largest absolute Gasteiger partial charge is 0.494 e. The fourth-order valence-electron chi connectivity index (χ4n) is 4.72. The number of hydrogen-bond donors (Lipinski definition) is 4. The van der Waals surface area contributed by atoms with Gasteiger partial charge >= 0.3 is 0 Å². The summed E-state index contributed by atoms with van der Waals surface area (Å²) >= 11 is 0. The summed E-state index contributed by atoms with van der Waals surface area (Å²) in [5.41, 5.74) is 2.17. The van der Waals surface area contributed by atoms with Gasteiger partial charge in [-0.15, -0.1) is 0 Å². The minimum Gasteiger partial charge on any atom is -0.494 e. The van der Waals surface area contributed by atoms with Crippen molar-refractivity contribution in [2.75, 3.05) is 20.3 Å². The number of aromatic nitrogens is 3. The minimum absolute atomic E-state index is 0.00240. The number of benzene rings is 1. The number of aromatic amines is 1. The molecule has 0 radical (unpaired) electrons. The van der Waals surface area contributed by atoms with Gasteiger partial charge < -0.3 is 30.2 Å². The number of H-pyrrole nitrogens is 1. The first-order valence-corrected chi connectivity index (χ1v) is 12.5. The third-order valence-corrected chi connectivity index (χ3v) is 6.96. The summed E-state index contributed by atoms with van der Waals surface area (Å²) in [6.07, 6.45) is 7.99. The van der Waals surface area contributed by atoms with E-state index in [1.54, 1.807) is 6.20 Å². The van der Waals surface area contributed by atoms with Gasteiger partial charge in [0.25, 0.3) is 5.91 Å².